The second kappa shape index (κ2) is 6.36. The molecule has 1 aliphatic carbocycles. The van der Waals surface area contributed by atoms with Gasteiger partial charge in [0.05, 0.1) is 11.3 Å². The van der Waals surface area contributed by atoms with Gasteiger partial charge in [0, 0.05) is 32.3 Å². The van der Waals surface area contributed by atoms with Crippen molar-refractivity contribution in [1.82, 2.24) is 34.2 Å². The van der Waals surface area contributed by atoms with Gasteiger partial charge in [0.25, 0.3) is 5.56 Å². The molecular formula is C19H17ClN8O2. The summed E-state index contributed by atoms with van der Waals surface area (Å²) in [5.41, 5.74) is 0.689. The number of aryl methyl sites for hydroxylation is 1. The summed E-state index contributed by atoms with van der Waals surface area (Å²) >= 11 is 5.92. The first kappa shape index (κ1) is 17.6. The number of halogens is 1. The molecule has 1 aliphatic heterocycles. The Kier molecular flexibility index (Phi) is 3.73. The molecule has 4 aromatic rings. The maximum absolute atomic E-state index is 12.7. The van der Waals surface area contributed by atoms with Crippen LogP contribution in [0.25, 0.3) is 11.2 Å². The molecule has 152 valence electrons. The molecular weight excluding hydrogens is 408 g/mol. The average molecular weight is 425 g/mol. The van der Waals surface area contributed by atoms with Crippen molar-refractivity contribution in [1.29, 1.82) is 0 Å². The Bertz CT molecular complexity index is 1300. The normalized spacial score (nSPS) is 22.6. The molecule has 2 aliphatic rings. The van der Waals surface area contributed by atoms with E-state index in [4.69, 9.17) is 16.1 Å². The molecule has 4 aromatic heterocycles. The standard InChI is InChI=1S/C19H17ClN8O2/c1-26-8-22-18-16(26)19(29)28(9-23-18)7-14-24-17(25-30-14)15-11-5-27(6-12(11)15)13-3-2-10(20)4-21-13/h2-4,8-9,11-12,15H,5-7H2,1H3/t11-,12+,15?. The largest absolute Gasteiger partial charge is 0.356 e. The first-order valence-electron chi connectivity index (χ1n) is 9.64. The number of nitrogens with zero attached hydrogens (tertiary/aromatic N) is 8. The minimum atomic E-state index is -0.186. The van der Waals surface area contributed by atoms with Gasteiger partial charge in [-0.3, -0.25) is 9.36 Å². The fourth-order valence-electron chi connectivity index (χ4n) is 4.45. The molecule has 11 heteroatoms. The van der Waals surface area contributed by atoms with E-state index in [9.17, 15) is 4.79 Å². The van der Waals surface area contributed by atoms with Crippen molar-refractivity contribution in [2.24, 2.45) is 18.9 Å². The van der Waals surface area contributed by atoms with E-state index in [0.717, 1.165) is 18.9 Å². The van der Waals surface area contributed by atoms with Crippen LogP contribution in [-0.4, -0.2) is 47.3 Å². The van der Waals surface area contributed by atoms with E-state index in [2.05, 4.69) is 30.0 Å². The van der Waals surface area contributed by atoms with Crippen molar-refractivity contribution in [2.75, 3.05) is 18.0 Å². The van der Waals surface area contributed by atoms with Gasteiger partial charge in [-0.15, -0.1) is 0 Å². The zero-order valence-electron chi connectivity index (χ0n) is 16.0. The second-order valence-corrected chi connectivity index (χ2v) is 8.28. The zero-order chi connectivity index (χ0) is 20.4. The summed E-state index contributed by atoms with van der Waals surface area (Å²) < 4.78 is 8.55. The smallest absolute Gasteiger partial charge is 0.280 e. The van der Waals surface area contributed by atoms with Crippen molar-refractivity contribution in [3.8, 4) is 0 Å². The van der Waals surface area contributed by atoms with Gasteiger partial charge >= 0.3 is 0 Å². The summed E-state index contributed by atoms with van der Waals surface area (Å²) in [6, 6.07) is 3.80. The Labute approximate surface area is 175 Å². The van der Waals surface area contributed by atoms with Gasteiger partial charge in [-0.25, -0.2) is 15.0 Å². The molecule has 1 unspecified atom stereocenters. The highest BCUT2D eigenvalue weighted by Crippen LogP contribution is 2.57. The van der Waals surface area contributed by atoms with Crippen molar-refractivity contribution in [2.45, 2.75) is 12.5 Å². The van der Waals surface area contributed by atoms with Gasteiger partial charge in [-0.1, -0.05) is 16.8 Å². The molecule has 0 spiro atoms. The van der Waals surface area contributed by atoms with Gasteiger partial charge < -0.3 is 14.0 Å². The van der Waals surface area contributed by atoms with E-state index in [-0.39, 0.29) is 12.1 Å². The molecule has 0 bridgehead atoms. The Morgan fingerprint density at radius 2 is 1.97 bits per heavy atom. The number of fused-ring (bicyclic) bond motifs is 2. The van der Waals surface area contributed by atoms with Crippen LogP contribution < -0.4 is 10.5 Å². The van der Waals surface area contributed by atoms with Gasteiger partial charge in [0.1, 0.15) is 18.7 Å². The van der Waals surface area contributed by atoms with Crippen LogP contribution in [0.4, 0.5) is 5.82 Å². The average Bonchev–Trinajstić information content (AvgIpc) is 3.16. The van der Waals surface area contributed by atoms with E-state index in [1.807, 2.05) is 12.1 Å². The van der Waals surface area contributed by atoms with Crippen molar-refractivity contribution >= 4 is 28.6 Å². The lowest BCUT2D eigenvalue weighted by molar-refractivity contribution is 0.363. The Hall–Kier alpha value is -3.27. The number of hydrogen-bond acceptors (Lipinski definition) is 8. The minimum absolute atomic E-state index is 0.183. The molecule has 0 aromatic carbocycles. The maximum Gasteiger partial charge on any atom is 0.280 e. The van der Waals surface area contributed by atoms with E-state index >= 15 is 0 Å². The minimum Gasteiger partial charge on any atom is -0.356 e. The Morgan fingerprint density at radius 3 is 2.73 bits per heavy atom. The first-order chi connectivity index (χ1) is 14.6. The van der Waals surface area contributed by atoms with E-state index in [0.29, 0.717) is 45.7 Å². The fraction of sp³-hybridized carbons (Fsp3) is 0.368. The molecule has 0 amide bonds. The number of anilines is 1. The maximum atomic E-state index is 12.7. The van der Waals surface area contributed by atoms with E-state index in [1.54, 1.807) is 24.1 Å². The molecule has 30 heavy (non-hydrogen) atoms. The third-order valence-corrected chi connectivity index (χ3v) is 6.24. The highest BCUT2D eigenvalue weighted by atomic mass is 35.5. The fourth-order valence-corrected chi connectivity index (χ4v) is 4.56. The van der Waals surface area contributed by atoms with Crippen LogP contribution in [0.2, 0.25) is 5.02 Å². The monoisotopic (exact) mass is 424 g/mol. The highest BCUT2D eigenvalue weighted by Gasteiger charge is 2.58. The van der Waals surface area contributed by atoms with Crippen LogP contribution in [0.3, 0.4) is 0 Å². The van der Waals surface area contributed by atoms with Gasteiger partial charge in [0.2, 0.25) is 5.89 Å². The molecule has 5 heterocycles. The number of imidazole rings is 1. The Morgan fingerprint density at radius 1 is 1.17 bits per heavy atom. The summed E-state index contributed by atoms with van der Waals surface area (Å²) in [5.74, 6) is 3.33. The lowest BCUT2D eigenvalue weighted by atomic mass is 10.2. The Balaban J connectivity index is 1.16. The first-order valence-corrected chi connectivity index (χ1v) is 10.0. The van der Waals surface area contributed by atoms with Crippen LogP contribution >= 0.6 is 11.6 Å². The number of pyridine rings is 1. The topological polar surface area (TPSA) is 108 Å². The second-order valence-electron chi connectivity index (χ2n) is 7.84. The number of rotatable bonds is 4. The van der Waals surface area contributed by atoms with Crippen molar-refractivity contribution in [3.63, 3.8) is 0 Å². The van der Waals surface area contributed by atoms with Gasteiger partial charge in [-0.2, -0.15) is 4.98 Å². The SMILES string of the molecule is Cn1cnc2ncn(Cc3nc(C4[C@H]5CN(c6ccc(Cl)cn6)C[C@@H]45)no3)c(=O)c21. The number of piperidine rings is 1. The molecule has 0 N–H and O–H groups in total. The predicted octanol–water partition coefficient (Wildman–Crippen LogP) is 1.46. The van der Waals surface area contributed by atoms with Crippen LogP contribution in [0, 0.1) is 11.8 Å². The van der Waals surface area contributed by atoms with E-state index in [1.165, 1.54) is 10.9 Å². The molecule has 1 saturated carbocycles. The third-order valence-electron chi connectivity index (χ3n) is 6.02. The third kappa shape index (κ3) is 2.71. The van der Waals surface area contributed by atoms with Crippen molar-refractivity contribution < 1.29 is 4.52 Å². The van der Waals surface area contributed by atoms with Crippen LogP contribution in [-0.2, 0) is 13.6 Å². The molecule has 0 radical (unpaired) electrons. The summed E-state index contributed by atoms with van der Waals surface area (Å²) in [4.78, 5) is 32.2. The van der Waals surface area contributed by atoms with Crippen LogP contribution in [0.5, 0.6) is 0 Å². The molecule has 10 nitrogen and oxygen atoms in total. The van der Waals surface area contributed by atoms with Gasteiger partial charge in [-0.05, 0) is 24.0 Å². The molecule has 3 atom stereocenters. The zero-order valence-corrected chi connectivity index (χ0v) is 16.8. The van der Waals surface area contributed by atoms with Crippen LogP contribution in [0.1, 0.15) is 17.6 Å². The molecule has 1 saturated heterocycles. The molecule has 2 fully saturated rings. The number of aromatic nitrogens is 7. The van der Waals surface area contributed by atoms with Crippen molar-refractivity contribution in [3.05, 3.63) is 58.1 Å². The van der Waals surface area contributed by atoms with E-state index < -0.39 is 0 Å². The summed E-state index contributed by atoms with van der Waals surface area (Å²) in [6.45, 7) is 2.01. The lowest BCUT2D eigenvalue weighted by Crippen LogP contribution is -2.24. The van der Waals surface area contributed by atoms with Crippen LogP contribution in [0.15, 0.2) is 40.3 Å². The highest BCUT2D eigenvalue weighted by molar-refractivity contribution is 6.30. The molecule has 6 rings (SSSR count). The predicted molar refractivity (Wildman–Crippen MR) is 107 cm³/mol. The summed E-state index contributed by atoms with van der Waals surface area (Å²) in [5, 5.41) is 4.81. The van der Waals surface area contributed by atoms with Gasteiger partial charge in [0.15, 0.2) is 17.0 Å². The summed E-state index contributed by atoms with van der Waals surface area (Å²) in [6.07, 6.45) is 4.71. The lowest BCUT2D eigenvalue weighted by Gasteiger charge is -2.20. The quantitative estimate of drug-likeness (QED) is 0.484. The number of hydrogen-bond donors (Lipinski definition) is 0. The summed E-state index contributed by atoms with van der Waals surface area (Å²) in [7, 11) is 1.77.